The number of rotatable bonds is 13. The summed E-state index contributed by atoms with van der Waals surface area (Å²) in [6, 6.07) is 7.45. The van der Waals surface area contributed by atoms with Gasteiger partial charge in [-0.3, -0.25) is 0 Å². The average Bonchev–Trinajstić information content (AvgIpc) is 2.81. The van der Waals surface area contributed by atoms with Crippen LogP contribution < -0.4 is 4.74 Å². The molecule has 1 aliphatic rings. The van der Waals surface area contributed by atoms with Crippen LogP contribution in [0.4, 0.5) is 0 Å². The Morgan fingerprint density at radius 3 is 2.25 bits per heavy atom. The molecule has 1 aromatic carbocycles. The fourth-order valence-electron chi connectivity index (χ4n) is 4.59. The molecule has 4 nitrogen and oxygen atoms in total. The first-order valence-electron chi connectivity index (χ1n) is 11.7. The standard InChI is InChI=1S/C24H33N3OS3Si/c1-3-9-20(4-2)22-12-13-24(23(16-22)21-10-6-5-7-11-21)28-14-8-15-32(25-17-29,26-18-30)27-19-31/h12-13,16,20-21H,3-11,14-15H2,1-2H3. The van der Waals surface area contributed by atoms with Crippen LogP contribution in [0.1, 0.15) is 94.6 Å². The van der Waals surface area contributed by atoms with Crippen molar-refractivity contribution in [3.8, 4) is 5.75 Å². The largest absolute Gasteiger partial charge is 0.493 e. The molecule has 0 aliphatic heterocycles. The summed E-state index contributed by atoms with van der Waals surface area (Å²) in [5.41, 5.74) is 2.83. The van der Waals surface area contributed by atoms with Crippen molar-refractivity contribution < 1.29 is 4.74 Å². The fourth-order valence-corrected chi connectivity index (χ4v) is 7.45. The van der Waals surface area contributed by atoms with Crippen LogP contribution in [0.3, 0.4) is 0 Å². The first kappa shape index (κ1) is 26.9. The smallest absolute Gasteiger partial charge is 0.461 e. The van der Waals surface area contributed by atoms with Crippen LogP contribution in [0.2, 0.25) is 6.04 Å². The van der Waals surface area contributed by atoms with Gasteiger partial charge < -0.3 is 4.74 Å². The predicted octanol–water partition coefficient (Wildman–Crippen LogP) is 8.04. The molecule has 1 fully saturated rings. The van der Waals surface area contributed by atoms with Gasteiger partial charge in [-0.2, -0.15) is 0 Å². The molecule has 172 valence electrons. The third-order valence-electron chi connectivity index (χ3n) is 6.27. The van der Waals surface area contributed by atoms with E-state index in [1.807, 2.05) is 0 Å². The van der Waals surface area contributed by atoms with E-state index in [2.05, 4.69) is 61.5 Å². The number of nitrogens with zero attached hydrogens (tertiary/aromatic N) is 3. The summed E-state index contributed by atoms with van der Waals surface area (Å²) >= 11 is 14.3. The highest BCUT2D eigenvalue weighted by Crippen LogP contribution is 2.40. The van der Waals surface area contributed by atoms with Crippen molar-refractivity contribution in [1.29, 1.82) is 0 Å². The molecule has 0 N–H and O–H groups in total. The molecule has 0 amide bonds. The summed E-state index contributed by atoms with van der Waals surface area (Å²) in [7, 11) is -2.87. The van der Waals surface area contributed by atoms with Gasteiger partial charge in [-0.15, -0.1) is 0 Å². The topological polar surface area (TPSA) is 46.3 Å². The zero-order valence-electron chi connectivity index (χ0n) is 19.1. The van der Waals surface area contributed by atoms with E-state index in [1.54, 1.807) is 0 Å². The third-order valence-corrected chi connectivity index (χ3v) is 9.46. The molecule has 32 heavy (non-hydrogen) atoms. The van der Waals surface area contributed by atoms with Crippen molar-refractivity contribution >= 4 is 60.7 Å². The zero-order chi connectivity index (χ0) is 23.2. The van der Waals surface area contributed by atoms with Crippen molar-refractivity contribution in [2.75, 3.05) is 6.61 Å². The van der Waals surface area contributed by atoms with Crippen molar-refractivity contribution in [1.82, 2.24) is 0 Å². The van der Waals surface area contributed by atoms with Crippen LogP contribution in [-0.4, -0.2) is 30.6 Å². The van der Waals surface area contributed by atoms with Gasteiger partial charge >= 0.3 is 8.56 Å². The maximum absolute atomic E-state index is 6.31. The molecule has 2 rings (SSSR count). The van der Waals surface area contributed by atoms with E-state index in [0.717, 1.165) is 5.75 Å². The lowest BCUT2D eigenvalue weighted by Gasteiger charge is -2.26. The Hall–Kier alpha value is -1.36. The molecule has 0 saturated heterocycles. The van der Waals surface area contributed by atoms with Gasteiger partial charge in [0.1, 0.15) is 5.75 Å². The first-order chi connectivity index (χ1) is 15.6. The van der Waals surface area contributed by atoms with Crippen LogP contribution in [-0.2, 0) is 0 Å². The lowest BCUT2D eigenvalue weighted by Crippen LogP contribution is -2.28. The number of isothiocyanates is 3. The zero-order valence-corrected chi connectivity index (χ0v) is 22.6. The van der Waals surface area contributed by atoms with Gasteiger partial charge in [0.15, 0.2) is 0 Å². The minimum atomic E-state index is -2.87. The van der Waals surface area contributed by atoms with E-state index in [4.69, 9.17) is 41.4 Å². The molecule has 0 spiro atoms. The van der Waals surface area contributed by atoms with E-state index >= 15 is 0 Å². The fraction of sp³-hybridized carbons (Fsp3) is 0.625. The molecule has 0 aromatic heterocycles. The molecular formula is C24H33N3OS3Si. The monoisotopic (exact) mass is 503 g/mol. The molecule has 0 heterocycles. The Balaban J connectivity index is 2.18. The minimum absolute atomic E-state index is 0.548. The minimum Gasteiger partial charge on any atom is -0.493 e. The maximum Gasteiger partial charge on any atom is 0.461 e. The number of thiocarbonyl (C=S) groups is 3. The van der Waals surface area contributed by atoms with E-state index < -0.39 is 8.56 Å². The number of hydrogen-bond donors (Lipinski definition) is 0. The lowest BCUT2D eigenvalue weighted by molar-refractivity contribution is 0.307. The van der Waals surface area contributed by atoms with Crippen LogP contribution >= 0.6 is 36.7 Å². The lowest BCUT2D eigenvalue weighted by atomic mass is 9.81. The van der Waals surface area contributed by atoms with Crippen LogP contribution in [0, 0.1) is 0 Å². The number of ether oxygens (including phenoxy) is 1. The van der Waals surface area contributed by atoms with Gasteiger partial charge in [0.2, 0.25) is 0 Å². The molecule has 1 atom stereocenters. The average molecular weight is 504 g/mol. The second-order valence-electron chi connectivity index (χ2n) is 8.36. The quantitative estimate of drug-likeness (QED) is 0.118. The van der Waals surface area contributed by atoms with Crippen LogP contribution in [0.5, 0.6) is 5.75 Å². The van der Waals surface area contributed by atoms with Gasteiger partial charge in [0, 0.05) is 6.04 Å². The molecule has 1 unspecified atom stereocenters. The maximum atomic E-state index is 6.31. The SMILES string of the molecule is CCCC(CC)c1ccc(OCCC[Si](N=C=S)(N=C=S)N=C=S)c(C2CCCCC2)c1. The second-order valence-corrected chi connectivity index (χ2v) is 11.6. The van der Waals surface area contributed by atoms with E-state index in [0.29, 0.717) is 30.9 Å². The highest BCUT2D eigenvalue weighted by atomic mass is 32.1. The molecule has 1 saturated carbocycles. The Morgan fingerprint density at radius 1 is 1.03 bits per heavy atom. The predicted molar refractivity (Wildman–Crippen MR) is 146 cm³/mol. The normalized spacial score (nSPS) is 16.6. The molecule has 0 bridgehead atoms. The van der Waals surface area contributed by atoms with Gasteiger partial charge in [-0.1, -0.05) is 51.7 Å². The van der Waals surface area contributed by atoms with Crippen molar-refractivity contribution in [2.45, 2.75) is 89.5 Å². The van der Waals surface area contributed by atoms with Crippen molar-refractivity contribution in [3.05, 3.63) is 29.3 Å². The van der Waals surface area contributed by atoms with Gasteiger partial charge in [-0.25, -0.2) is 14.0 Å². The highest BCUT2D eigenvalue weighted by molar-refractivity contribution is 7.78. The summed E-state index contributed by atoms with van der Waals surface area (Å²) in [6.07, 6.45) is 10.8. The molecular weight excluding hydrogens is 471 g/mol. The Labute approximate surface area is 209 Å². The third kappa shape index (κ3) is 7.89. The summed E-state index contributed by atoms with van der Waals surface area (Å²) in [4.78, 5) is 0. The Bertz CT molecular complexity index is 839. The summed E-state index contributed by atoms with van der Waals surface area (Å²) < 4.78 is 18.9. The van der Waals surface area contributed by atoms with Gasteiger partial charge in [-0.05, 0) is 97.8 Å². The molecule has 0 radical (unpaired) electrons. The second kappa shape index (κ2) is 14.7. The highest BCUT2D eigenvalue weighted by Gasteiger charge is 2.34. The first-order valence-corrected chi connectivity index (χ1v) is 14.9. The van der Waals surface area contributed by atoms with E-state index in [9.17, 15) is 0 Å². The number of benzene rings is 1. The Kier molecular flexibility index (Phi) is 12.4. The Morgan fingerprint density at radius 2 is 1.69 bits per heavy atom. The van der Waals surface area contributed by atoms with Crippen LogP contribution in [0.15, 0.2) is 32.2 Å². The van der Waals surface area contributed by atoms with Gasteiger partial charge in [0.05, 0.1) is 22.1 Å². The summed E-state index contributed by atoms with van der Waals surface area (Å²) in [6.45, 7) is 5.10. The summed E-state index contributed by atoms with van der Waals surface area (Å²) in [5, 5.41) is 7.17. The molecule has 1 aromatic rings. The summed E-state index contributed by atoms with van der Waals surface area (Å²) in [5.74, 6) is 2.22. The van der Waals surface area contributed by atoms with Crippen LogP contribution in [0.25, 0.3) is 0 Å². The molecule has 8 heteroatoms. The van der Waals surface area contributed by atoms with Crippen molar-refractivity contribution in [2.24, 2.45) is 14.0 Å². The molecule has 1 aliphatic carbocycles. The van der Waals surface area contributed by atoms with Gasteiger partial charge in [0.25, 0.3) is 0 Å². The van der Waals surface area contributed by atoms with E-state index in [1.165, 1.54) is 62.5 Å². The number of hydrogen-bond acceptors (Lipinski definition) is 7. The van der Waals surface area contributed by atoms with E-state index in [-0.39, 0.29) is 0 Å². The van der Waals surface area contributed by atoms with Crippen molar-refractivity contribution in [3.63, 3.8) is 0 Å².